The third-order valence-electron chi connectivity index (χ3n) is 2.76. The number of nitriles is 2. The molecule has 0 aliphatic heterocycles. The Balaban J connectivity index is 2.97. The SMILES string of the molecule is N#CC(C#N)=C1/C(=C(/N)I)C(=O)c2cc(Cl)c(Cl)cc21. The van der Waals surface area contributed by atoms with E-state index in [9.17, 15) is 4.79 Å². The van der Waals surface area contributed by atoms with Crippen LogP contribution in [0.4, 0.5) is 0 Å². The van der Waals surface area contributed by atoms with Crippen molar-refractivity contribution in [3.8, 4) is 12.1 Å². The molecule has 0 heterocycles. The predicted molar refractivity (Wildman–Crippen MR) is 84.2 cm³/mol. The normalized spacial score (nSPS) is 15.4. The van der Waals surface area contributed by atoms with Crippen LogP contribution in [0.15, 0.2) is 27.0 Å². The molecule has 0 bridgehead atoms. The minimum Gasteiger partial charge on any atom is -0.393 e. The van der Waals surface area contributed by atoms with E-state index in [0.29, 0.717) is 5.56 Å². The Bertz CT molecular complexity index is 777. The summed E-state index contributed by atoms with van der Waals surface area (Å²) in [7, 11) is 0. The van der Waals surface area contributed by atoms with E-state index < -0.39 is 0 Å². The molecule has 0 atom stereocenters. The molecule has 2 N–H and O–H groups in total. The monoisotopic (exact) mass is 415 g/mol. The number of benzene rings is 1. The van der Waals surface area contributed by atoms with Gasteiger partial charge in [-0.25, -0.2) is 0 Å². The second kappa shape index (κ2) is 5.45. The molecule has 1 aliphatic carbocycles. The standard InChI is InChI=1S/C13H4Cl2IN3O/c14-8-1-6-7(2-9(8)15)12(20)11(13(16)19)10(6)5(3-17)4-18/h1-2H,19H2/b13-11-. The van der Waals surface area contributed by atoms with Crippen LogP contribution in [0, 0.1) is 22.7 Å². The van der Waals surface area contributed by atoms with Crippen molar-refractivity contribution in [3.63, 3.8) is 0 Å². The van der Waals surface area contributed by atoms with Crippen LogP contribution >= 0.6 is 45.8 Å². The molecule has 0 unspecified atom stereocenters. The Hall–Kier alpha value is -1.54. The van der Waals surface area contributed by atoms with E-state index in [0.717, 1.165) is 0 Å². The lowest BCUT2D eigenvalue weighted by atomic mass is 10.0. The molecular formula is C13H4Cl2IN3O. The first-order chi connectivity index (χ1) is 9.42. The molecule has 0 saturated carbocycles. The van der Waals surface area contributed by atoms with Gasteiger partial charge in [0.15, 0.2) is 5.78 Å². The Morgan fingerprint density at radius 3 is 2.05 bits per heavy atom. The van der Waals surface area contributed by atoms with Gasteiger partial charge in [-0.2, -0.15) is 10.5 Å². The minimum absolute atomic E-state index is 0.136. The quantitative estimate of drug-likeness (QED) is 0.303. The molecular weight excluding hydrogens is 412 g/mol. The molecule has 0 saturated heterocycles. The van der Waals surface area contributed by atoms with Gasteiger partial charge in [-0.3, -0.25) is 4.79 Å². The van der Waals surface area contributed by atoms with Crippen LogP contribution in [0.2, 0.25) is 10.0 Å². The lowest BCUT2D eigenvalue weighted by molar-refractivity contribution is 0.104. The molecule has 1 aromatic carbocycles. The number of Topliss-reactive ketones (excluding diaryl/α,β-unsaturated/α-hetero) is 1. The maximum absolute atomic E-state index is 12.4. The van der Waals surface area contributed by atoms with Gasteiger partial charge < -0.3 is 5.73 Å². The van der Waals surface area contributed by atoms with Crippen molar-refractivity contribution < 1.29 is 4.79 Å². The molecule has 0 spiro atoms. The van der Waals surface area contributed by atoms with E-state index >= 15 is 0 Å². The van der Waals surface area contributed by atoms with E-state index in [1.54, 1.807) is 34.7 Å². The second-order valence-electron chi connectivity index (χ2n) is 3.84. The number of ketones is 1. The van der Waals surface area contributed by atoms with Crippen molar-refractivity contribution in [2.45, 2.75) is 0 Å². The van der Waals surface area contributed by atoms with Crippen LogP contribution in [-0.4, -0.2) is 5.78 Å². The molecule has 20 heavy (non-hydrogen) atoms. The second-order valence-corrected chi connectivity index (χ2v) is 5.81. The first-order valence-corrected chi connectivity index (χ1v) is 7.00. The topological polar surface area (TPSA) is 90.7 Å². The van der Waals surface area contributed by atoms with E-state index in [1.165, 1.54) is 12.1 Å². The number of carbonyl (C=O) groups excluding carboxylic acids is 1. The fourth-order valence-corrected chi connectivity index (χ4v) is 2.79. The molecule has 4 nitrogen and oxygen atoms in total. The molecule has 0 amide bonds. The van der Waals surface area contributed by atoms with Gasteiger partial charge in [0.1, 0.15) is 17.7 Å². The predicted octanol–water partition coefficient (Wildman–Crippen LogP) is 3.60. The third kappa shape index (κ3) is 2.18. The van der Waals surface area contributed by atoms with E-state index in [2.05, 4.69) is 0 Å². The Morgan fingerprint density at radius 2 is 1.60 bits per heavy atom. The maximum Gasteiger partial charge on any atom is 0.196 e. The fourth-order valence-electron chi connectivity index (χ4n) is 1.95. The summed E-state index contributed by atoms with van der Waals surface area (Å²) in [4.78, 5) is 12.4. The summed E-state index contributed by atoms with van der Waals surface area (Å²) in [6, 6.07) is 6.43. The van der Waals surface area contributed by atoms with Crippen LogP contribution in [0.1, 0.15) is 15.9 Å². The van der Waals surface area contributed by atoms with Gasteiger partial charge >= 0.3 is 0 Å². The highest BCUT2D eigenvalue weighted by Crippen LogP contribution is 2.43. The summed E-state index contributed by atoms with van der Waals surface area (Å²) < 4.78 is 0.203. The molecule has 2 rings (SSSR count). The Labute approximate surface area is 138 Å². The fraction of sp³-hybridized carbons (Fsp3) is 0. The third-order valence-corrected chi connectivity index (χ3v) is 4.03. The largest absolute Gasteiger partial charge is 0.393 e. The maximum atomic E-state index is 12.4. The summed E-state index contributed by atoms with van der Waals surface area (Å²) in [5, 5.41) is 18.6. The zero-order valence-corrected chi connectivity index (χ0v) is 13.3. The number of nitrogens with zero attached hydrogens (tertiary/aromatic N) is 2. The first-order valence-electron chi connectivity index (χ1n) is 5.16. The number of halogens is 3. The van der Waals surface area contributed by atoms with Crippen molar-refractivity contribution in [3.05, 3.63) is 48.2 Å². The van der Waals surface area contributed by atoms with Crippen LogP contribution in [0.25, 0.3) is 5.57 Å². The molecule has 98 valence electrons. The molecule has 0 aromatic heterocycles. The molecule has 7 heteroatoms. The highest BCUT2D eigenvalue weighted by molar-refractivity contribution is 14.1. The summed E-state index contributed by atoms with van der Waals surface area (Å²) in [5.74, 6) is -0.372. The van der Waals surface area contributed by atoms with Crippen molar-refractivity contribution >= 4 is 57.1 Å². The van der Waals surface area contributed by atoms with Gasteiger partial charge in [0.05, 0.1) is 19.3 Å². The Morgan fingerprint density at radius 1 is 1.10 bits per heavy atom. The van der Waals surface area contributed by atoms with Crippen LogP contribution in [0.3, 0.4) is 0 Å². The van der Waals surface area contributed by atoms with Gasteiger partial charge in [-0.1, -0.05) is 23.2 Å². The summed E-state index contributed by atoms with van der Waals surface area (Å²) in [6.07, 6.45) is 0. The number of nitrogens with two attached hydrogens (primary N) is 1. The van der Waals surface area contributed by atoms with Gasteiger partial charge in [0, 0.05) is 11.1 Å². The number of fused-ring (bicyclic) bond motifs is 1. The van der Waals surface area contributed by atoms with Crippen molar-refractivity contribution in [1.82, 2.24) is 0 Å². The number of allylic oxidation sites excluding steroid dienone is 3. The average molecular weight is 416 g/mol. The van der Waals surface area contributed by atoms with E-state index in [4.69, 9.17) is 39.5 Å². The van der Waals surface area contributed by atoms with Crippen LogP contribution < -0.4 is 5.73 Å². The zero-order valence-electron chi connectivity index (χ0n) is 9.67. The lowest BCUT2D eigenvalue weighted by Gasteiger charge is -2.03. The summed E-state index contributed by atoms with van der Waals surface area (Å²) >= 11 is 13.6. The average Bonchev–Trinajstić information content (AvgIpc) is 2.66. The zero-order chi connectivity index (χ0) is 15.0. The number of hydrogen-bond donors (Lipinski definition) is 1. The lowest BCUT2D eigenvalue weighted by Crippen LogP contribution is -2.03. The van der Waals surface area contributed by atoms with Gasteiger partial charge in [-0.05, 0) is 40.3 Å². The highest BCUT2D eigenvalue weighted by Gasteiger charge is 2.35. The molecule has 0 radical (unpaired) electrons. The van der Waals surface area contributed by atoms with Gasteiger partial charge in [0.25, 0.3) is 0 Å². The number of hydrogen-bond acceptors (Lipinski definition) is 4. The van der Waals surface area contributed by atoms with Gasteiger partial charge in [0.2, 0.25) is 0 Å². The van der Waals surface area contributed by atoms with E-state index in [1.807, 2.05) is 0 Å². The smallest absolute Gasteiger partial charge is 0.196 e. The molecule has 1 aliphatic rings. The minimum atomic E-state index is -0.372. The first kappa shape index (κ1) is 14.9. The van der Waals surface area contributed by atoms with Crippen LogP contribution in [-0.2, 0) is 0 Å². The van der Waals surface area contributed by atoms with Gasteiger partial charge in [-0.15, -0.1) is 0 Å². The summed E-state index contributed by atoms with van der Waals surface area (Å²) in [6.45, 7) is 0. The van der Waals surface area contributed by atoms with Crippen molar-refractivity contribution in [1.29, 1.82) is 10.5 Å². The number of rotatable bonds is 0. The van der Waals surface area contributed by atoms with Crippen LogP contribution in [0.5, 0.6) is 0 Å². The Kier molecular flexibility index (Phi) is 4.05. The highest BCUT2D eigenvalue weighted by atomic mass is 127. The van der Waals surface area contributed by atoms with Crippen molar-refractivity contribution in [2.75, 3.05) is 0 Å². The molecule has 1 aromatic rings. The van der Waals surface area contributed by atoms with Crippen molar-refractivity contribution in [2.24, 2.45) is 5.73 Å². The number of carbonyl (C=O) groups is 1. The van der Waals surface area contributed by atoms with E-state index in [-0.39, 0.29) is 41.8 Å². The molecule has 0 fully saturated rings. The summed E-state index contributed by atoms with van der Waals surface area (Å²) in [5.41, 5.74) is 6.55.